The maximum Gasteiger partial charge on any atom is 0.490 e. The number of halogens is 5. The maximum absolute atomic E-state index is 11.4. The van der Waals surface area contributed by atoms with Gasteiger partial charge in [0, 0.05) is 53.1 Å². The summed E-state index contributed by atoms with van der Waals surface area (Å²) in [6.07, 6.45) is -0.498. The molecule has 1 amide bonds. The van der Waals surface area contributed by atoms with Gasteiger partial charge in [0.25, 0.3) is 0 Å². The van der Waals surface area contributed by atoms with E-state index in [0.717, 1.165) is 48.0 Å². The van der Waals surface area contributed by atoms with Gasteiger partial charge < -0.3 is 15.4 Å². The summed E-state index contributed by atoms with van der Waals surface area (Å²) in [7, 11) is 0. The van der Waals surface area contributed by atoms with Crippen molar-refractivity contribution in [1.29, 1.82) is 0 Å². The van der Waals surface area contributed by atoms with Gasteiger partial charge in [0.2, 0.25) is 5.91 Å². The number of fused-ring (bicyclic) bond motifs is 1. The zero-order valence-corrected chi connectivity index (χ0v) is 28.4. The number of nitrogens with zero attached hydrogens (tertiary/aromatic N) is 3. The predicted molar refractivity (Wildman–Crippen MR) is 188 cm³/mol. The van der Waals surface area contributed by atoms with E-state index in [0.29, 0.717) is 17.5 Å². The minimum absolute atomic E-state index is 0.0504. The zero-order chi connectivity index (χ0) is 35.6. The topological polar surface area (TPSA) is 101 Å². The van der Waals surface area contributed by atoms with Crippen LogP contribution in [0.15, 0.2) is 91.0 Å². The number of primary amides is 1. The number of hydrogen-bond donors (Lipinski definition) is 2. The highest BCUT2D eigenvalue weighted by atomic mass is 35.5. The maximum atomic E-state index is 11.4. The summed E-state index contributed by atoms with van der Waals surface area (Å²) in [6, 6.07) is 31.2. The van der Waals surface area contributed by atoms with Crippen molar-refractivity contribution in [3.8, 4) is 0 Å². The molecule has 7 nitrogen and oxygen atoms in total. The molecule has 0 unspecified atom stereocenters. The number of carbonyl (C=O) groups excluding carboxylic acids is 1. The lowest BCUT2D eigenvalue weighted by atomic mass is 9.85. The van der Waals surface area contributed by atoms with Gasteiger partial charge in [-0.15, -0.1) is 0 Å². The molecule has 5 aromatic rings. The lowest BCUT2D eigenvalue weighted by molar-refractivity contribution is -0.192. The molecule has 50 heavy (non-hydrogen) atoms. The van der Waals surface area contributed by atoms with E-state index in [-0.39, 0.29) is 11.8 Å². The standard InChI is InChI=1S/C36H34Cl2N4O.C2HF3O2/c37-29-12-7-24(8-13-29)34(25-9-14-30(38)15-10-25)28-11-16-32-33(21-28)42(36(40-32)27-5-6-27)31-17-19-41(20-18-31)22-23-1-3-26(4-2-23)35(39)43;3-2(4,5)1(6)7/h1-4,7-16,21,27,31,34H,5-6,17-20,22H2,(H2,39,43);(H,6,7). The lowest BCUT2D eigenvalue weighted by Crippen LogP contribution is -2.34. The second-order valence-corrected chi connectivity index (χ2v) is 13.6. The third kappa shape index (κ3) is 8.31. The number of likely N-dealkylation sites (tertiary alicyclic amines) is 1. The smallest absolute Gasteiger partial charge is 0.475 e. The molecule has 0 spiro atoms. The molecule has 260 valence electrons. The number of benzene rings is 4. The highest BCUT2D eigenvalue weighted by Crippen LogP contribution is 2.44. The van der Waals surface area contributed by atoms with Crippen LogP contribution >= 0.6 is 23.2 Å². The number of carboxylic acids is 1. The van der Waals surface area contributed by atoms with Crippen LogP contribution in [0.4, 0.5) is 13.2 Å². The van der Waals surface area contributed by atoms with Gasteiger partial charge in [0.05, 0.1) is 11.0 Å². The van der Waals surface area contributed by atoms with Crippen LogP contribution in [0.5, 0.6) is 0 Å². The monoisotopic (exact) mass is 722 g/mol. The molecule has 1 aliphatic heterocycles. The largest absolute Gasteiger partial charge is 0.490 e. The quantitative estimate of drug-likeness (QED) is 0.156. The Morgan fingerprint density at radius 3 is 1.82 bits per heavy atom. The van der Waals surface area contributed by atoms with Gasteiger partial charge in [-0.1, -0.05) is 65.7 Å². The van der Waals surface area contributed by atoms with Crippen LogP contribution < -0.4 is 5.73 Å². The van der Waals surface area contributed by atoms with Crippen LogP contribution in [0.25, 0.3) is 11.0 Å². The normalized spacial score (nSPS) is 15.6. The van der Waals surface area contributed by atoms with Gasteiger partial charge in [-0.05, 0) is 96.5 Å². The first kappa shape index (κ1) is 35.4. The molecule has 2 heterocycles. The molecule has 1 aliphatic carbocycles. The third-order valence-corrected chi connectivity index (χ3v) is 9.74. The van der Waals surface area contributed by atoms with Crippen molar-refractivity contribution in [3.05, 3.63) is 135 Å². The molecule has 4 aromatic carbocycles. The first-order chi connectivity index (χ1) is 23.9. The Labute approximate surface area is 297 Å². The molecular formula is C38H35Cl2F3N4O3. The summed E-state index contributed by atoms with van der Waals surface area (Å²) in [4.78, 5) is 28.1. The number of nitrogens with two attached hydrogens (primary N) is 1. The average Bonchev–Trinajstić information content (AvgIpc) is 3.87. The molecule has 2 aliphatic rings. The Balaban J connectivity index is 0.000000561. The van der Waals surface area contributed by atoms with Crippen molar-refractivity contribution in [2.75, 3.05) is 13.1 Å². The summed E-state index contributed by atoms with van der Waals surface area (Å²) >= 11 is 12.6. The second kappa shape index (κ2) is 14.8. The zero-order valence-electron chi connectivity index (χ0n) is 26.9. The number of alkyl halides is 3. The van der Waals surface area contributed by atoms with Gasteiger partial charge in [0.15, 0.2) is 0 Å². The molecule has 2 fully saturated rings. The minimum Gasteiger partial charge on any atom is -0.475 e. The van der Waals surface area contributed by atoms with Gasteiger partial charge in [-0.25, -0.2) is 9.78 Å². The van der Waals surface area contributed by atoms with Crippen LogP contribution in [0.2, 0.25) is 10.0 Å². The molecule has 1 aromatic heterocycles. The number of piperidine rings is 1. The molecule has 12 heteroatoms. The van der Waals surface area contributed by atoms with Gasteiger partial charge in [-0.3, -0.25) is 9.69 Å². The molecule has 3 N–H and O–H groups in total. The fourth-order valence-corrected chi connectivity index (χ4v) is 6.83. The Bertz CT molecular complexity index is 1920. The van der Waals surface area contributed by atoms with Crippen LogP contribution in [-0.4, -0.2) is 50.7 Å². The first-order valence-electron chi connectivity index (χ1n) is 16.3. The van der Waals surface area contributed by atoms with Gasteiger partial charge in [-0.2, -0.15) is 13.2 Å². The van der Waals surface area contributed by atoms with Crippen LogP contribution in [0.3, 0.4) is 0 Å². The van der Waals surface area contributed by atoms with E-state index in [1.165, 1.54) is 46.4 Å². The first-order valence-corrected chi connectivity index (χ1v) is 17.1. The molecular weight excluding hydrogens is 688 g/mol. The Morgan fingerprint density at radius 1 is 0.820 bits per heavy atom. The highest BCUT2D eigenvalue weighted by Gasteiger charge is 2.38. The third-order valence-electron chi connectivity index (χ3n) is 9.23. The average molecular weight is 724 g/mol. The predicted octanol–water partition coefficient (Wildman–Crippen LogP) is 8.97. The molecule has 1 saturated heterocycles. The SMILES string of the molecule is NC(=O)c1ccc(CN2CCC(n3c(C4CC4)nc4ccc(C(c5ccc(Cl)cc5)c5ccc(Cl)cc5)cc43)CC2)cc1.O=C(O)C(F)(F)F. The molecule has 1 saturated carbocycles. The summed E-state index contributed by atoms with van der Waals surface area (Å²) in [5, 5.41) is 8.59. The van der Waals surface area contributed by atoms with E-state index in [9.17, 15) is 18.0 Å². The second-order valence-electron chi connectivity index (χ2n) is 12.8. The number of carbonyl (C=O) groups is 2. The number of imidazole rings is 1. The van der Waals surface area contributed by atoms with Crippen molar-refractivity contribution in [1.82, 2.24) is 14.5 Å². The molecule has 0 atom stereocenters. The fourth-order valence-electron chi connectivity index (χ4n) is 6.58. The minimum atomic E-state index is -5.08. The summed E-state index contributed by atoms with van der Waals surface area (Å²) in [6.45, 7) is 2.91. The van der Waals surface area contributed by atoms with Crippen LogP contribution in [-0.2, 0) is 11.3 Å². The van der Waals surface area contributed by atoms with Crippen molar-refractivity contribution in [3.63, 3.8) is 0 Å². The Hall–Kier alpha value is -4.38. The fraction of sp³-hybridized carbons (Fsp3) is 0.289. The summed E-state index contributed by atoms with van der Waals surface area (Å²) in [5.74, 6) is -1.28. The Kier molecular flexibility index (Phi) is 10.5. The molecule has 7 rings (SSSR count). The Morgan fingerprint density at radius 2 is 1.34 bits per heavy atom. The van der Waals surface area contributed by atoms with Gasteiger partial charge >= 0.3 is 12.1 Å². The molecule has 0 bridgehead atoms. The van der Waals surface area contributed by atoms with Crippen molar-refractivity contribution < 1.29 is 27.9 Å². The number of aliphatic carboxylic acids is 1. The van der Waals surface area contributed by atoms with Gasteiger partial charge in [0.1, 0.15) is 5.82 Å². The van der Waals surface area contributed by atoms with Crippen molar-refractivity contribution >= 4 is 46.1 Å². The number of carboxylic acid groups (broad SMARTS) is 1. The van der Waals surface area contributed by atoms with Crippen molar-refractivity contribution in [2.24, 2.45) is 5.73 Å². The van der Waals surface area contributed by atoms with E-state index in [1.54, 1.807) is 0 Å². The van der Waals surface area contributed by atoms with E-state index < -0.39 is 12.1 Å². The molecule has 0 radical (unpaired) electrons. The van der Waals surface area contributed by atoms with Crippen molar-refractivity contribution in [2.45, 2.75) is 56.3 Å². The van der Waals surface area contributed by atoms with Crippen LogP contribution in [0, 0.1) is 0 Å². The number of amides is 1. The lowest BCUT2D eigenvalue weighted by Gasteiger charge is -2.34. The van der Waals surface area contributed by atoms with E-state index in [2.05, 4.69) is 51.9 Å². The number of hydrogen-bond acceptors (Lipinski definition) is 4. The highest BCUT2D eigenvalue weighted by molar-refractivity contribution is 6.30. The summed E-state index contributed by atoms with van der Waals surface area (Å²) < 4.78 is 34.3. The van der Waals surface area contributed by atoms with E-state index in [1.807, 2.05) is 48.5 Å². The van der Waals surface area contributed by atoms with E-state index in [4.69, 9.17) is 43.8 Å². The number of aromatic nitrogens is 2. The number of rotatable bonds is 8. The van der Waals surface area contributed by atoms with E-state index >= 15 is 0 Å². The summed E-state index contributed by atoms with van der Waals surface area (Å²) in [5.41, 5.74) is 13.1. The van der Waals surface area contributed by atoms with Crippen LogP contribution in [0.1, 0.15) is 82.0 Å².